The van der Waals surface area contributed by atoms with Crippen LogP contribution in [0.25, 0.3) is 11.0 Å². The van der Waals surface area contributed by atoms with Crippen LogP contribution in [0.5, 0.6) is 0 Å². The van der Waals surface area contributed by atoms with Crippen molar-refractivity contribution in [3.8, 4) is 0 Å². The van der Waals surface area contributed by atoms with Crippen LogP contribution in [0.1, 0.15) is 17.0 Å². The average Bonchev–Trinajstić information content (AvgIpc) is 3.16. The van der Waals surface area contributed by atoms with Crippen LogP contribution in [-0.2, 0) is 6.42 Å². The highest BCUT2D eigenvalue weighted by molar-refractivity contribution is 6.02. The molecule has 4 rings (SSSR count). The Hall–Kier alpha value is -4.13. The van der Waals surface area contributed by atoms with Crippen molar-refractivity contribution >= 4 is 28.6 Å². The number of imidazole rings is 1. The topological polar surface area (TPSA) is 96.5 Å². The summed E-state index contributed by atoms with van der Waals surface area (Å²) >= 11 is 0. The molecule has 3 aromatic carbocycles. The fourth-order valence-corrected chi connectivity index (χ4v) is 2.92. The third-order valence-corrected chi connectivity index (χ3v) is 4.37. The van der Waals surface area contributed by atoms with E-state index in [0.29, 0.717) is 6.42 Å². The van der Waals surface area contributed by atoms with Gasteiger partial charge in [-0.2, -0.15) is 10.2 Å². The van der Waals surface area contributed by atoms with Gasteiger partial charge >= 0.3 is 0 Å². The summed E-state index contributed by atoms with van der Waals surface area (Å²) in [6.45, 7) is 0. The summed E-state index contributed by atoms with van der Waals surface area (Å²) in [5, 5.41) is 19.4. The van der Waals surface area contributed by atoms with Gasteiger partial charge in [0.1, 0.15) is 5.82 Å². The lowest BCUT2D eigenvalue weighted by Crippen LogP contribution is -2.06. The first-order valence-electron chi connectivity index (χ1n) is 9.02. The zero-order valence-electron chi connectivity index (χ0n) is 15.4. The van der Waals surface area contributed by atoms with Crippen molar-refractivity contribution in [3.05, 3.63) is 106 Å². The SMILES string of the molecule is O=[N+]([O-])c1ccc(/C=N/N=C(/Cc2nc3ccccc3[nH]2)c2ccccc2)cc1. The van der Waals surface area contributed by atoms with E-state index in [1.54, 1.807) is 18.3 Å². The van der Waals surface area contributed by atoms with Gasteiger partial charge in [0.15, 0.2) is 0 Å². The summed E-state index contributed by atoms with van der Waals surface area (Å²) in [6.07, 6.45) is 2.07. The van der Waals surface area contributed by atoms with E-state index in [1.165, 1.54) is 12.1 Å². The second-order valence-electron chi connectivity index (χ2n) is 6.38. The molecule has 0 amide bonds. The molecule has 7 nitrogen and oxygen atoms in total. The monoisotopic (exact) mass is 383 g/mol. The number of aromatic nitrogens is 2. The Kier molecular flexibility index (Phi) is 5.20. The molecule has 29 heavy (non-hydrogen) atoms. The minimum atomic E-state index is -0.431. The van der Waals surface area contributed by atoms with Crippen LogP contribution < -0.4 is 0 Å². The number of hydrogen-bond acceptors (Lipinski definition) is 5. The van der Waals surface area contributed by atoms with Crippen LogP contribution in [0.15, 0.2) is 89.1 Å². The Morgan fingerprint density at radius 3 is 2.45 bits per heavy atom. The van der Waals surface area contributed by atoms with Gasteiger partial charge in [-0.3, -0.25) is 10.1 Å². The number of nitro benzene ring substituents is 1. The van der Waals surface area contributed by atoms with Crippen LogP contribution in [0, 0.1) is 10.1 Å². The minimum absolute atomic E-state index is 0.0421. The van der Waals surface area contributed by atoms with Crippen LogP contribution in [-0.4, -0.2) is 26.8 Å². The smallest absolute Gasteiger partial charge is 0.269 e. The molecule has 0 spiro atoms. The van der Waals surface area contributed by atoms with Crippen LogP contribution in [0.4, 0.5) is 5.69 Å². The van der Waals surface area contributed by atoms with Crippen LogP contribution in [0.3, 0.4) is 0 Å². The predicted octanol–water partition coefficient (Wildman–Crippen LogP) is 4.54. The molecule has 142 valence electrons. The lowest BCUT2D eigenvalue weighted by molar-refractivity contribution is -0.384. The molecule has 0 unspecified atom stereocenters. The number of nitrogens with one attached hydrogen (secondary N) is 1. The van der Waals surface area contributed by atoms with Crippen molar-refractivity contribution in [2.75, 3.05) is 0 Å². The maximum Gasteiger partial charge on any atom is 0.269 e. The molecular formula is C22H17N5O2. The van der Waals surface area contributed by atoms with Gasteiger partial charge in [0, 0.05) is 12.1 Å². The van der Waals surface area contributed by atoms with Crippen molar-refractivity contribution in [1.29, 1.82) is 0 Å². The van der Waals surface area contributed by atoms with E-state index < -0.39 is 4.92 Å². The summed E-state index contributed by atoms with van der Waals surface area (Å²) in [7, 11) is 0. The molecular weight excluding hydrogens is 366 g/mol. The number of hydrogen-bond donors (Lipinski definition) is 1. The fourth-order valence-electron chi connectivity index (χ4n) is 2.92. The maximum absolute atomic E-state index is 10.8. The number of nitro groups is 1. The van der Waals surface area contributed by atoms with Crippen molar-refractivity contribution in [2.24, 2.45) is 10.2 Å². The van der Waals surface area contributed by atoms with Gasteiger partial charge in [0.2, 0.25) is 0 Å². The van der Waals surface area contributed by atoms with Gasteiger partial charge in [-0.25, -0.2) is 4.98 Å². The molecule has 0 aliphatic carbocycles. The molecule has 0 saturated heterocycles. The molecule has 1 aromatic heterocycles. The van der Waals surface area contributed by atoms with E-state index in [-0.39, 0.29) is 5.69 Å². The summed E-state index contributed by atoms with van der Waals surface area (Å²) in [4.78, 5) is 18.3. The quantitative estimate of drug-likeness (QED) is 0.301. The minimum Gasteiger partial charge on any atom is -0.342 e. The van der Waals surface area contributed by atoms with Crippen molar-refractivity contribution in [3.63, 3.8) is 0 Å². The molecule has 1 N–H and O–H groups in total. The van der Waals surface area contributed by atoms with Gasteiger partial charge in [-0.15, -0.1) is 0 Å². The third kappa shape index (κ3) is 4.41. The molecule has 0 saturated carbocycles. The highest BCUT2D eigenvalue weighted by Gasteiger charge is 2.09. The molecule has 0 fully saturated rings. The second-order valence-corrected chi connectivity index (χ2v) is 6.38. The third-order valence-electron chi connectivity index (χ3n) is 4.37. The van der Waals surface area contributed by atoms with Crippen molar-refractivity contribution in [1.82, 2.24) is 9.97 Å². The molecule has 0 bridgehead atoms. The fraction of sp³-hybridized carbons (Fsp3) is 0.0455. The largest absolute Gasteiger partial charge is 0.342 e. The Labute approximate surface area is 166 Å². The number of nitrogens with zero attached hydrogens (tertiary/aromatic N) is 4. The number of non-ortho nitro benzene ring substituents is 1. The van der Waals surface area contributed by atoms with E-state index in [4.69, 9.17) is 0 Å². The summed E-state index contributed by atoms with van der Waals surface area (Å²) < 4.78 is 0. The highest BCUT2D eigenvalue weighted by Crippen LogP contribution is 2.14. The van der Waals surface area contributed by atoms with Crippen molar-refractivity contribution in [2.45, 2.75) is 6.42 Å². The van der Waals surface area contributed by atoms with E-state index in [9.17, 15) is 10.1 Å². The van der Waals surface area contributed by atoms with Crippen LogP contribution in [0.2, 0.25) is 0 Å². The van der Waals surface area contributed by atoms with Crippen molar-refractivity contribution < 1.29 is 4.92 Å². The highest BCUT2D eigenvalue weighted by atomic mass is 16.6. The van der Waals surface area contributed by atoms with Gasteiger partial charge in [-0.05, 0) is 35.4 Å². The van der Waals surface area contributed by atoms with Gasteiger partial charge in [-0.1, -0.05) is 42.5 Å². The first kappa shape index (κ1) is 18.2. The Bertz CT molecular complexity index is 1160. The zero-order chi connectivity index (χ0) is 20.1. The second kappa shape index (κ2) is 8.26. The molecule has 0 radical (unpaired) electrons. The summed E-state index contributed by atoms with van der Waals surface area (Å²) in [5.41, 5.74) is 4.38. The zero-order valence-corrected chi connectivity index (χ0v) is 15.4. The normalized spacial score (nSPS) is 11.9. The molecule has 7 heteroatoms. The molecule has 1 heterocycles. The first-order valence-corrected chi connectivity index (χ1v) is 9.02. The average molecular weight is 383 g/mol. The summed E-state index contributed by atoms with van der Waals surface area (Å²) in [5.74, 6) is 0.805. The Morgan fingerprint density at radius 2 is 1.72 bits per heavy atom. The molecule has 4 aromatic rings. The van der Waals surface area contributed by atoms with E-state index in [2.05, 4.69) is 20.2 Å². The lowest BCUT2D eigenvalue weighted by atomic mass is 10.1. The Balaban J connectivity index is 1.60. The number of rotatable bonds is 6. The number of para-hydroxylation sites is 2. The number of benzene rings is 3. The molecule has 0 aliphatic rings. The molecule has 0 atom stereocenters. The lowest BCUT2D eigenvalue weighted by Gasteiger charge is -2.03. The first-order chi connectivity index (χ1) is 14.2. The van der Waals surface area contributed by atoms with E-state index in [1.807, 2.05) is 54.6 Å². The number of fused-ring (bicyclic) bond motifs is 1. The summed E-state index contributed by atoms with van der Waals surface area (Å²) in [6, 6.07) is 23.8. The maximum atomic E-state index is 10.8. The van der Waals surface area contributed by atoms with Gasteiger partial charge < -0.3 is 4.98 Å². The van der Waals surface area contributed by atoms with E-state index in [0.717, 1.165) is 33.7 Å². The van der Waals surface area contributed by atoms with E-state index >= 15 is 0 Å². The van der Waals surface area contributed by atoms with Gasteiger partial charge in [0.05, 0.1) is 34.3 Å². The van der Waals surface area contributed by atoms with Gasteiger partial charge in [0.25, 0.3) is 5.69 Å². The number of aromatic amines is 1. The Morgan fingerprint density at radius 1 is 1.00 bits per heavy atom. The van der Waals surface area contributed by atoms with Crippen LogP contribution >= 0.6 is 0 Å². The molecule has 0 aliphatic heterocycles. The number of H-pyrrole nitrogens is 1. The standard InChI is InChI=1S/C22H17N5O2/c28-27(29)18-12-10-16(11-13-18)15-23-26-21(17-6-2-1-3-7-17)14-22-24-19-8-4-5-9-20(19)25-22/h1-13,15H,14H2,(H,24,25)/b23-15+,26-21-. The predicted molar refractivity (Wildman–Crippen MR) is 113 cm³/mol.